The van der Waals surface area contributed by atoms with Gasteiger partial charge in [-0.3, -0.25) is 0 Å². The smallest absolute Gasteiger partial charge is 0.150 e. The molecular formula is C10H21NO2S. The third-order valence-corrected chi connectivity index (χ3v) is 4.63. The van der Waals surface area contributed by atoms with E-state index in [1.807, 2.05) is 13.8 Å². The van der Waals surface area contributed by atoms with Gasteiger partial charge < -0.3 is 5.32 Å². The molecule has 4 heteroatoms. The number of rotatable bonds is 4. The summed E-state index contributed by atoms with van der Waals surface area (Å²) >= 11 is 0. The molecule has 14 heavy (non-hydrogen) atoms. The number of hydrogen-bond donors (Lipinski definition) is 1. The highest BCUT2D eigenvalue weighted by molar-refractivity contribution is 7.91. The maximum atomic E-state index is 11.7. The molecule has 84 valence electrons. The second-order valence-corrected chi connectivity index (χ2v) is 6.84. The van der Waals surface area contributed by atoms with Crippen LogP contribution in [0.1, 0.15) is 26.7 Å². The average Bonchev–Trinajstić information content (AvgIpc) is 2.02. The van der Waals surface area contributed by atoms with Crippen LogP contribution in [-0.4, -0.2) is 33.0 Å². The van der Waals surface area contributed by atoms with Crippen LogP contribution in [0.2, 0.25) is 0 Å². The lowest BCUT2D eigenvalue weighted by Crippen LogP contribution is -2.34. The van der Waals surface area contributed by atoms with Crippen molar-refractivity contribution in [3.8, 4) is 0 Å². The standard InChI is InChI=1S/C10H21NO2S/c1-9(2)7-14(12,13)8-10-4-3-5-11-6-10/h9-11H,3-8H2,1-2H3/t10-/m0/s1. The molecule has 0 aliphatic carbocycles. The average molecular weight is 219 g/mol. The van der Waals surface area contributed by atoms with Gasteiger partial charge in [-0.05, 0) is 37.8 Å². The van der Waals surface area contributed by atoms with Gasteiger partial charge in [0.1, 0.15) is 0 Å². The first-order chi connectivity index (χ1) is 6.49. The third-order valence-electron chi connectivity index (χ3n) is 2.48. The molecule has 0 bridgehead atoms. The van der Waals surface area contributed by atoms with E-state index in [9.17, 15) is 8.42 Å². The van der Waals surface area contributed by atoms with E-state index in [1.54, 1.807) is 0 Å². The fourth-order valence-corrected chi connectivity index (χ4v) is 4.16. The van der Waals surface area contributed by atoms with Crippen molar-refractivity contribution < 1.29 is 8.42 Å². The first kappa shape index (κ1) is 12.0. The highest BCUT2D eigenvalue weighted by atomic mass is 32.2. The van der Waals surface area contributed by atoms with Gasteiger partial charge >= 0.3 is 0 Å². The van der Waals surface area contributed by atoms with Crippen LogP contribution in [0.15, 0.2) is 0 Å². The Labute approximate surface area is 87.2 Å². The second-order valence-electron chi connectivity index (χ2n) is 4.68. The fraction of sp³-hybridized carbons (Fsp3) is 1.00. The predicted molar refractivity (Wildman–Crippen MR) is 59.1 cm³/mol. The Balaban J connectivity index is 2.41. The Morgan fingerprint density at radius 3 is 2.64 bits per heavy atom. The topological polar surface area (TPSA) is 46.2 Å². The van der Waals surface area contributed by atoms with Crippen molar-refractivity contribution in [2.24, 2.45) is 11.8 Å². The Kier molecular flexibility index (Phi) is 4.38. The molecule has 1 rings (SSSR count). The molecular weight excluding hydrogens is 198 g/mol. The molecule has 1 saturated heterocycles. The van der Waals surface area contributed by atoms with Crippen LogP contribution in [-0.2, 0) is 9.84 Å². The summed E-state index contributed by atoms with van der Waals surface area (Å²) in [4.78, 5) is 0. The van der Waals surface area contributed by atoms with Crippen molar-refractivity contribution in [3.63, 3.8) is 0 Å². The second kappa shape index (κ2) is 5.12. The molecule has 0 saturated carbocycles. The maximum Gasteiger partial charge on any atom is 0.150 e. The molecule has 1 atom stereocenters. The van der Waals surface area contributed by atoms with Crippen LogP contribution in [0.3, 0.4) is 0 Å². The fourth-order valence-electron chi connectivity index (χ4n) is 2.00. The van der Waals surface area contributed by atoms with Gasteiger partial charge in [0.25, 0.3) is 0 Å². The van der Waals surface area contributed by atoms with Crippen LogP contribution < -0.4 is 5.32 Å². The van der Waals surface area contributed by atoms with Crippen molar-refractivity contribution in [1.29, 1.82) is 0 Å². The van der Waals surface area contributed by atoms with Crippen LogP contribution in [0, 0.1) is 11.8 Å². The highest BCUT2D eigenvalue weighted by Crippen LogP contribution is 2.14. The lowest BCUT2D eigenvalue weighted by molar-refractivity contribution is 0.403. The summed E-state index contributed by atoms with van der Waals surface area (Å²) in [5.74, 6) is 1.30. The minimum atomic E-state index is -2.82. The van der Waals surface area contributed by atoms with E-state index in [4.69, 9.17) is 0 Å². The van der Waals surface area contributed by atoms with Crippen molar-refractivity contribution in [1.82, 2.24) is 5.32 Å². The maximum absolute atomic E-state index is 11.7. The lowest BCUT2D eigenvalue weighted by atomic mass is 10.0. The SMILES string of the molecule is CC(C)CS(=O)(=O)C[C@H]1CCCNC1. The minimum Gasteiger partial charge on any atom is -0.316 e. The Morgan fingerprint density at radius 1 is 1.43 bits per heavy atom. The zero-order chi connectivity index (χ0) is 10.6. The molecule has 3 nitrogen and oxygen atoms in total. The molecule has 0 aromatic rings. The summed E-state index contributed by atoms with van der Waals surface area (Å²) in [6.45, 7) is 5.82. The van der Waals surface area contributed by atoms with Gasteiger partial charge in [-0.1, -0.05) is 13.8 Å². The zero-order valence-corrected chi connectivity index (χ0v) is 9.94. The highest BCUT2D eigenvalue weighted by Gasteiger charge is 2.21. The van der Waals surface area contributed by atoms with Crippen LogP contribution in [0.25, 0.3) is 0 Å². The molecule has 0 unspecified atom stereocenters. The first-order valence-electron chi connectivity index (χ1n) is 5.41. The molecule has 0 spiro atoms. The van der Waals surface area contributed by atoms with Gasteiger partial charge in [0.2, 0.25) is 0 Å². The van der Waals surface area contributed by atoms with E-state index in [1.165, 1.54) is 0 Å². The van der Waals surface area contributed by atoms with E-state index in [0.29, 0.717) is 17.4 Å². The molecule has 0 aromatic carbocycles. The number of nitrogens with one attached hydrogen (secondary N) is 1. The van der Waals surface area contributed by atoms with Crippen molar-refractivity contribution in [3.05, 3.63) is 0 Å². The lowest BCUT2D eigenvalue weighted by Gasteiger charge is -2.22. The molecule has 1 fully saturated rings. The van der Waals surface area contributed by atoms with Crippen LogP contribution >= 0.6 is 0 Å². The summed E-state index contributed by atoms with van der Waals surface area (Å²) in [7, 11) is -2.82. The van der Waals surface area contributed by atoms with Crippen LogP contribution in [0.4, 0.5) is 0 Å². The Bertz CT molecular complexity index is 253. The number of hydrogen-bond acceptors (Lipinski definition) is 3. The number of sulfone groups is 1. The van der Waals surface area contributed by atoms with Gasteiger partial charge in [-0.2, -0.15) is 0 Å². The molecule has 1 heterocycles. The zero-order valence-electron chi connectivity index (χ0n) is 9.12. The van der Waals surface area contributed by atoms with E-state index in [-0.39, 0.29) is 5.92 Å². The van der Waals surface area contributed by atoms with Gasteiger partial charge in [-0.15, -0.1) is 0 Å². The van der Waals surface area contributed by atoms with Crippen molar-refractivity contribution >= 4 is 9.84 Å². The first-order valence-corrected chi connectivity index (χ1v) is 7.23. The molecule has 1 N–H and O–H groups in total. The van der Waals surface area contributed by atoms with Gasteiger partial charge in [-0.25, -0.2) is 8.42 Å². The monoisotopic (exact) mass is 219 g/mol. The van der Waals surface area contributed by atoms with Gasteiger partial charge in [0.15, 0.2) is 9.84 Å². The predicted octanol–water partition coefficient (Wildman–Crippen LogP) is 1.06. The van der Waals surface area contributed by atoms with E-state index in [2.05, 4.69) is 5.32 Å². The molecule has 1 aliphatic rings. The summed E-state index contributed by atoms with van der Waals surface area (Å²) in [6.07, 6.45) is 2.17. The van der Waals surface area contributed by atoms with Crippen LogP contribution in [0.5, 0.6) is 0 Å². The van der Waals surface area contributed by atoms with E-state index in [0.717, 1.165) is 25.9 Å². The quantitative estimate of drug-likeness (QED) is 0.769. The van der Waals surface area contributed by atoms with E-state index >= 15 is 0 Å². The van der Waals surface area contributed by atoms with Crippen molar-refractivity contribution in [2.75, 3.05) is 24.6 Å². The Morgan fingerprint density at radius 2 is 2.14 bits per heavy atom. The molecule has 1 aliphatic heterocycles. The minimum absolute atomic E-state index is 0.247. The van der Waals surface area contributed by atoms with Gasteiger partial charge in [0, 0.05) is 0 Å². The van der Waals surface area contributed by atoms with Crippen molar-refractivity contribution in [2.45, 2.75) is 26.7 Å². The third kappa shape index (κ3) is 4.42. The van der Waals surface area contributed by atoms with E-state index < -0.39 is 9.84 Å². The molecule has 0 radical (unpaired) electrons. The summed E-state index contributed by atoms with van der Waals surface area (Å²) in [5.41, 5.74) is 0. The number of piperidine rings is 1. The normalized spacial score (nSPS) is 24.1. The summed E-state index contributed by atoms with van der Waals surface area (Å²) in [6, 6.07) is 0. The molecule has 0 aromatic heterocycles. The largest absolute Gasteiger partial charge is 0.316 e. The van der Waals surface area contributed by atoms with Gasteiger partial charge in [0.05, 0.1) is 11.5 Å². The summed E-state index contributed by atoms with van der Waals surface area (Å²) < 4.78 is 23.4. The Hall–Kier alpha value is -0.0900. The molecule has 0 amide bonds. The summed E-state index contributed by atoms with van der Waals surface area (Å²) in [5, 5.41) is 3.25.